The number of hydrogen-bond acceptors (Lipinski definition) is 3. The summed E-state index contributed by atoms with van der Waals surface area (Å²) in [5, 5.41) is 1.67. The van der Waals surface area contributed by atoms with Crippen molar-refractivity contribution in [1.29, 1.82) is 0 Å². The lowest BCUT2D eigenvalue weighted by molar-refractivity contribution is -0.108. The van der Waals surface area contributed by atoms with E-state index in [9.17, 15) is 9.59 Å². The molecule has 7 nitrogen and oxygen atoms in total. The van der Waals surface area contributed by atoms with E-state index in [1.807, 2.05) is 0 Å². The van der Waals surface area contributed by atoms with E-state index in [4.69, 9.17) is 4.79 Å². The molecule has 5 amide bonds. The number of amides is 5. The number of hydrogen-bond donors (Lipinski definition) is 4. The summed E-state index contributed by atoms with van der Waals surface area (Å²) >= 11 is 0. The Morgan fingerprint density at radius 3 is 1.50 bits per heavy atom. The molecule has 7 N–H and O–H groups in total. The quantitative estimate of drug-likeness (QED) is 0.314. The lowest BCUT2D eigenvalue weighted by Gasteiger charge is -1.79. The van der Waals surface area contributed by atoms with Gasteiger partial charge in [-0.05, 0) is 0 Å². The highest BCUT2D eigenvalue weighted by atomic mass is 16.2. The maximum Gasteiger partial charge on any atom is 0.318 e. The van der Waals surface area contributed by atoms with E-state index in [0.29, 0.717) is 0 Å². The van der Waals surface area contributed by atoms with Crippen molar-refractivity contribution in [3.63, 3.8) is 0 Å². The highest BCUT2D eigenvalue weighted by Gasteiger charge is 1.79. The molecule has 0 aliphatic carbocycles. The summed E-state index contributed by atoms with van der Waals surface area (Å²) in [4.78, 5) is 27.7. The molecule has 7 heteroatoms. The topological polar surface area (TPSA) is 141 Å². The molecule has 0 fully saturated rings. The standard InChI is InChI=1S/C2H4N2O2.CH4N2O/c3-2(6)4-1-5;2-1(3)4/h1H,(H3,3,4,5,6);(H4,2,3,4). The molecule has 0 bridgehead atoms. The molecular weight excluding hydrogens is 140 g/mol. The van der Waals surface area contributed by atoms with Crippen LogP contribution >= 0.6 is 0 Å². The molecule has 0 saturated carbocycles. The summed E-state index contributed by atoms with van der Waals surface area (Å²) in [5.74, 6) is 0. The van der Waals surface area contributed by atoms with Crippen LogP contribution in [0.15, 0.2) is 0 Å². The van der Waals surface area contributed by atoms with E-state index < -0.39 is 12.1 Å². The Balaban J connectivity index is 0. The van der Waals surface area contributed by atoms with Crippen molar-refractivity contribution in [1.82, 2.24) is 5.32 Å². The van der Waals surface area contributed by atoms with Crippen LogP contribution in [0.3, 0.4) is 0 Å². The van der Waals surface area contributed by atoms with E-state index in [-0.39, 0.29) is 6.41 Å². The molecule has 0 aliphatic rings. The summed E-state index contributed by atoms with van der Waals surface area (Å²) in [5.41, 5.74) is 12.9. The number of carbonyl (C=O) groups is 3. The van der Waals surface area contributed by atoms with Gasteiger partial charge in [0, 0.05) is 0 Å². The van der Waals surface area contributed by atoms with Crippen LogP contribution in [0.25, 0.3) is 0 Å². The van der Waals surface area contributed by atoms with E-state index in [2.05, 4.69) is 17.2 Å². The summed E-state index contributed by atoms with van der Waals surface area (Å²) < 4.78 is 0. The number of rotatable bonds is 1. The molecule has 0 spiro atoms. The van der Waals surface area contributed by atoms with E-state index in [0.717, 1.165) is 0 Å². The molecule has 0 aliphatic heterocycles. The lowest BCUT2D eigenvalue weighted by atomic mass is 11.0. The first-order valence-electron chi connectivity index (χ1n) is 2.05. The second kappa shape index (κ2) is 7.21. The highest BCUT2D eigenvalue weighted by Crippen LogP contribution is 1.41. The molecule has 10 heavy (non-hydrogen) atoms. The number of primary amides is 3. The molecule has 0 aromatic rings. The maximum atomic E-state index is 9.48. The van der Waals surface area contributed by atoms with Crippen molar-refractivity contribution < 1.29 is 14.4 Å². The van der Waals surface area contributed by atoms with Gasteiger partial charge in [0.15, 0.2) is 0 Å². The van der Waals surface area contributed by atoms with Gasteiger partial charge < -0.3 is 17.2 Å². The average Bonchev–Trinajstić information content (AvgIpc) is 1.62. The first-order chi connectivity index (χ1) is 4.50. The molecule has 0 unspecified atom stereocenters. The fraction of sp³-hybridized carbons (Fsp3) is 0. The van der Waals surface area contributed by atoms with Crippen molar-refractivity contribution in [2.75, 3.05) is 0 Å². The number of urea groups is 2. The summed E-state index contributed by atoms with van der Waals surface area (Å²) in [6.45, 7) is 0. The second-order valence-electron chi connectivity index (χ2n) is 1.03. The van der Waals surface area contributed by atoms with Gasteiger partial charge in [0.05, 0.1) is 0 Å². The molecule has 0 rings (SSSR count). The molecule has 0 aromatic heterocycles. The Hall–Kier alpha value is -1.79. The predicted octanol–water partition coefficient (Wildman–Crippen LogP) is -2.17. The first-order valence-corrected chi connectivity index (χ1v) is 2.05. The SMILES string of the molecule is NC(=O)NC=O.NC(N)=O. The number of carbonyl (C=O) groups excluding carboxylic acids is 3. The van der Waals surface area contributed by atoms with Gasteiger partial charge in [0.2, 0.25) is 6.41 Å². The highest BCUT2D eigenvalue weighted by molar-refractivity contribution is 5.82. The summed E-state index contributed by atoms with van der Waals surface area (Å²) in [6, 6.07) is -1.66. The second-order valence-corrected chi connectivity index (χ2v) is 1.03. The molecule has 0 atom stereocenters. The van der Waals surface area contributed by atoms with Crippen molar-refractivity contribution in [2.24, 2.45) is 17.2 Å². The van der Waals surface area contributed by atoms with Gasteiger partial charge in [0.1, 0.15) is 0 Å². The zero-order chi connectivity index (χ0) is 8.57. The van der Waals surface area contributed by atoms with Gasteiger partial charge >= 0.3 is 12.1 Å². The van der Waals surface area contributed by atoms with Crippen LogP contribution in [0, 0.1) is 0 Å². The number of nitrogens with one attached hydrogen (secondary N) is 1. The summed E-state index contributed by atoms with van der Waals surface area (Å²) in [6.07, 6.45) is 0.225. The van der Waals surface area contributed by atoms with E-state index in [1.54, 1.807) is 5.32 Å². The minimum absolute atomic E-state index is 0.225. The largest absolute Gasteiger partial charge is 0.352 e. The van der Waals surface area contributed by atoms with Crippen molar-refractivity contribution in [3.05, 3.63) is 0 Å². The Bertz CT molecular complexity index is 130. The number of imide groups is 1. The maximum absolute atomic E-state index is 9.48. The molecule has 0 saturated heterocycles. The molecular formula is C3H8N4O3. The van der Waals surface area contributed by atoms with Gasteiger partial charge in [-0.15, -0.1) is 0 Å². The Labute approximate surface area is 56.5 Å². The van der Waals surface area contributed by atoms with Crippen LogP contribution in [0.4, 0.5) is 9.59 Å². The van der Waals surface area contributed by atoms with Crippen LogP contribution in [0.5, 0.6) is 0 Å². The fourth-order valence-electron chi connectivity index (χ4n) is 0.0581. The third-order valence-electron chi connectivity index (χ3n) is 0.201. The zero-order valence-corrected chi connectivity index (χ0v) is 5.03. The summed E-state index contributed by atoms with van der Waals surface area (Å²) in [7, 11) is 0. The average molecular weight is 148 g/mol. The van der Waals surface area contributed by atoms with E-state index >= 15 is 0 Å². The third kappa shape index (κ3) is 115. The minimum Gasteiger partial charge on any atom is -0.352 e. The molecule has 0 aromatic carbocycles. The monoisotopic (exact) mass is 148 g/mol. The van der Waals surface area contributed by atoms with Crippen LogP contribution in [-0.4, -0.2) is 18.5 Å². The Morgan fingerprint density at radius 2 is 1.50 bits per heavy atom. The predicted molar refractivity (Wildman–Crippen MR) is 32.6 cm³/mol. The zero-order valence-electron chi connectivity index (χ0n) is 5.03. The fourth-order valence-corrected chi connectivity index (χ4v) is 0.0581. The third-order valence-corrected chi connectivity index (χ3v) is 0.201. The smallest absolute Gasteiger partial charge is 0.318 e. The van der Waals surface area contributed by atoms with Crippen LogP contribution in [0.2, 0.25) is 0 Å². The van der Waals surface area contributed by atoms with Crippen LogP contribution < -0.4 is 22.5 Å². The normalized spacial score (nSPS) is 6.40. The van der Waals surface area contributed by atoms with Gasteiger partial charge in [-0.25, -0.2) is 9.59 Å². The van der Waals surface area contributed by atoms with Gasteiger partial charge in [-0.3, -0.25) is 10.1 Å². The van der Waals surface area contributed by atoms with Gasteiger partial charge in [0.25, 0.3) is 0 Å². The number of nitrogens with two attached hydrogens (primary N) is 3. The Kier molecular flexibility index (Phi) is 7.98. The van der Waals surface area contributed by atoms with Crippen LogP contribution in [-0.2, 0) is 4.79 Å². The van der Waals surface area contributed by atoms with Crippen LogP contribution in [0.1, 0.15) is 0 Å². The van der Waals surface area contributed by atoms with Gasteiger partial charge in [-0.2, -0.15) is 0 Å². The van der Waals surface area contributed by atoms with E-state index in [1.165, 1.54) is 0 Å². The minimum atomic E-state index is -0.833. The Morgan fingerprint density at radius 1 is 1.20 bits per heavy atom. The van der Waals surface area contributed by atoms with Crippen molar-refractivity contribution in [2.45, 2.75) is 0 Å². The van der Waals surface area contributed by atoms with Crippen molar-refractivity contribution >= 4 is 18.5 Å². The van der Waals surface area contributed by atoms with Gasteiger partial charge in [-0.1, -0.05) is 0 Å². The van der Waals surface area contributed by atoms with Crippen molar-refractivity contribution in [3.8, 4) is 0 Å². The molecule has 58 valence electrons. The molecule has 0 radical (unpaired) electrons. The lowest BCUT2D eigenvalue weighted by Crippen LogP contribution is -2.27. The first kappa shape index (κ1) is 11.1. The molecule has 0 heterocycles.